The van der Waals surface area contributed by atoms with Gasteiger partial charge in [-0.1, -0.05) is 41.9 Å². The molecule has 0 aliphatic carbocycles. The van der Waals surface area contributed by atoms with Crippen LogP contribution in [0, 0.1) is 12.8 Å². The number of rotatable bonds is 6. The molecule has 4 nitrogen and oxygen atoms in total. The first-order valence-corrected chi connectivity index (χ1v) is 11.5. The second-order valence-electron chi connectivity index (χ2n) is 8.70. The van der Waals surface area contributed by atoms with Crippen LogP contribution < -0.4 is 0 Å². The molecule has 162 valence electrons. The van der Waals surface area contributed by atoms with Gasteiger partial charge in [0.25, 0.3) is 5.91 Å². The minimum absolute atomic E-state index is 0.0833. The van der Waals surface area contributed by atoms with E-state index in [1.165, 1.54) is 18.4 Å². The molecule has 1 fully saturated rings. The molecule has 3 aromatic rings. The Hall–Kier alpha value is -2.43. The monoisotopic (exact) mass is 435 g/mol. The van der Waals surface area contributed by atoms with Gasteiger partial charge < -0.3 is 9.80 Å². The molecule has 31 heavy (non-hydrogen) atoms. The van der Waals surface area contributed by atoms with Crippen molar-refractivity contribution in [3.8, 4) is 0 Å². The lowest BCUT2D eigenvalue weighted by Crippen LogP contribution is -2.42. The number of fused-ring (bicyclic) bond motifs is 1. The molecule has 0 N–H and O–H groups in total. The third-order valence-corrected chi connectivity index (χ3v) is 6.44. The van der Waals surface area contributed by atoms with Gasteiger partial charge in [-0.15, -0.1) is 0 Å². The molecule has 0 saturated carbocycles. The van der Waals surface area contributed by atoms with Crippen molar-refractivity contribution in [1.82, 2.24) is 14.8 Å². The highest BCUT2D eigenvalue weighted by Gasteiger charge is 2.24. The molecule has 1 amide bonds. The normalized spacial score (nSPS) is 17.1. The van der Waals surface area contributed by atoms with Crippen LogP contribution in [0.2, 0.25) is 5.02 Å². The van der Waals surface area contributed by atoms with Gasteiger partial charge >= 0.3 is 0 Å². The number of piperidine rings is 1. The van der Waals surface area contributed by atoms with E-state index >= 15 is 0 Å². The van der Waals surface area contributed by atoms with Gasteiger partial charge in [-0.2, -0.15) is 0 Å². The van der Waals surface area contributed by atoms with E-state index in [0.29, 0.717) is 5.92 Å². The van der Waals surface area contributed by atoms with E-state index in [9.17, 15) is 4.79 Å². The zero-order chi connectivity index (χ0) is 21.8. The highest BCUT2D eigenvalue weighted by molar-refractivity contribution is 6.30. The van der Waals surface area contributed by atoms with Crippen molar-refractivity contribution in [3.63, 3.8) is 0 Å². The second kappa shape index (κ2) is 9.80. The minimum atomic E-state index is 0.0833. The maximum atomic E-state index is 13.3. The van der Waals surface area contributed by atoms with Crippen molar-refractivity contribution in [3.05, 3.63) is 76.4 Å². The molecule has 5 heteroatoms. The summed E-state index contributed by atoms with van der Waals surface area (Å²) in [6.07, 6.45) is 3.39. The maximum absolute atomic E-state index is 13.3. The Balaban J connectivity index is 1.37. The lowest BCUT2D eigenvalue weighted by molar-refractivity contribution is 0.0732. The number of carbonyl (C=O) groups excluding carboxylic acids is 1. The van der Waals surface area contributed by atoms with Gasteiger partial charge in [-0.25, -0.2) is 0 Å². The number of benzene rings is 2. The van der Waals surface area contributed by atoms with Gasteiger partial charge in [0.2, 0.25) is 0 Å². The van der Waals surface area contributed by atoms with E-state index in [-0.39, 0.29) is 5.91 Å². The average Bonchev–Trinajstić information content (AvgIpc) is 2.78. The van der Waals surface area contributed by atoms with Crippen LogP contribution in [0.25, 0.3) is 10.9 Å². The SMILES string of the molecule is Cc1cc(C(=O)N(C)CC2CCCN(CCc3ccc(Cl)cc3)C2)c2ccccc2n1. The van der Waals surface area contributed by atoms with Crippen LogP contribution in [0.5, 0.6) is 0 Å². The van der Waals surface area contributed by atoms with E-state index in [2.05, 4.69) is 22.0 Å². The average molecular weight is 436 g/mol. The van der Waals surface area contributed by atoms with Crippen molar-refractivity contribution in [2.24, 2.45) is 5.92 Å². The Bertz CT molecular complexity index is 1050. The number of carbonyl (C=O) groups is 1. The second-order valence-corrected chi connectivity index (χ2v) is 9.14. The summed E-state index contributed by atoms with van der Waals surface area (Å²) in [6.45, 7) is 5.95. The van der Waals surface area contributed by atoms with E-state index in [1.807, 2.05) is 61.3 Å². The lowest BCUT2D eigenvalue weighted by atomic mass is 9.96. The molecule has 0 spiro atoms. The molecular formula is C26H30ClN3O. The number of likely N-dealkylation sites (tertiary alicyclic amines) is 1. The zero-order valence-corrected chi connectivity index (χ0v) is 19.1. The lowest BCUT2D eigenvalue weighted by Gasteiger charge is -2.35. The fourth-order valence-electron chi connectivity index (χ4n) is 4.60. The highest BCUT2D eigenvalue weighted by atomic mass is 35.5. The summed E-state index contributed by atoms with van der Waals surface area (Å²) in [5.41, 5.74) is 3.83. The zero-order valence-electron chi connectivity index (χ0n) is 18.4. The van der Waals surface area contributed by atoms with E-state index in [0.717, 1.165) is 59.8 Å². The molecule has 1 aliphatic heterocycles. The van der Waals surface area contributed by atoms with Crippen LogP contribution in [-0.2, 0) is 6.42 Å². The standard InChI is InChI=1S/C26H30ClN3O/c1-19-16-24(23-7-3-4-8-25(23)28-19)26(31)29(2)17-21-6-5-14-30(18-21)15-13-20-9-11-22(27)12-10-20/h3-4,7-12,16,21H,5-6,13-15,17-18H2,1-2H3. The summed E-state index contributed by atoms with van der Waals surface area (Å²) in [6, 6.07) is 17.9. The van der Waals surface area contributed by atoms with Gasteiger partial charge in [-0.05, 0) is 68.5 Å². The Morgan fingerprint density at radius 2 is 1.97 bits per heavy atom. The summed E-state index contributed by atoms with van der Waals surface area (Å²) in [4.78, 5) is 22.3. The topological polar surface area (TPSA) is 36.4 Å². The van der Waals surface area contributed by atoms with Gasteiger partial charge in [0.1, 0.15) is 0 Å². The number of pyridine rings is 1. The number of hydrogen-bond donors (Lipinski definition) is 0. The third kappa shape index (κ3) is 5.44. The van der Waals surface area contributed by atoms with Crippen molar-refractivity contribution < 1.29 is 4.79 Å². The van der Waals surface area contributed by atoms with Crippen molar-refractivity contribution in [1.29, 1.82) is 0 Å². The molecule has 0 bridgehead atoms. The molecule has 4 rings (SSSR count). The first kappa shape index (κ1) is 21.8. The molecule has 0 radical (unpaired) electrons. The first-order valence-electron chi connectivity index (χ1n) is 11.1. The van der Waals surface area contributed by atoms with Gasteiger partial charge in [0, 0.05) is 42.8 Å². The molecule has 1 atom stereocenters. The number of para-hydroxylation sites is 1. The number of hydrogen-bond acceptors (Lipinski definition) is 3. The largest absolute Gasteiger partial charge is 0.341 e. The Morgan fingerprint density at radius 3 is 2.77 bits per heavy atom. The van der Waals surface area contributed by atoms with Gasteiger partial charge in [0.05, 0.1) is 11.1 Å². The number of halogens is 1. The Labute approximate surface area is 189 Å². The smallest absolute Gasteiger partial charge is 0.254 e. The first-order chi connectivity index (χ1) is 15.0. The number of amides is 1. The van der Waals surface area contributed by atoms with E-state index in [4.69, 9.17) is 11.6 Å². The fourth-order valence-corrected chi connectivity index (χ4v) is 4.73. The molecule has 1 saturated heterocycles. The highest BCUT2D eigenvalue weighted by Crippen LogP contribution is 2.22. The Morgan fingerprint density at radius 1 is 1.19 bits per heavy atom. The molecule has 1 aliphatic rings. The van der Waals surface area contributed by atoms with Crippen molar-refractivity contribution in [2.75, 3.05) is 33.2 Å². The fraction of sp³-hybridized carbons (Fsp3) is 0.385. The van der Waals surface area contributed by atoms with Crippen LogP contribution in [0.3, 0.4) is 0 Å². The van der Waals surface area contributed by atoms with Crippen LogP contribution in [0.15, 0.2) is 54.6 Å². The van der Waals surface area contributed by atoms with Crippen LogP contribution in [0.1, 0.15) is 34.5 Å². The van der Waals surface area contributed by atoms with Crippen molar-refractivity contribution in [2.45, 2.75) is 26.2 Å². The van der Waals surface area contributed by atoms with Gasteiger partial charge in [0.15, 0.2) is 0 Å². The maximum Gasteiger partial charge on any atom is 0.254 e. The van der Waals surface area contributed by atoms with Crippen LogP contribution in [-0.4, -0.2) is 53.9 Å². The number of aryl methyl sites for hydroxylation is 1. The third-order valence-electron chi connectivity index (χ3n) is 6.19. The van der Waals surface area contributed by atoms with E-state index < -0.39 is 0 Å². The van der Waals surface area contributed by atoms with Crippen LogP contribution >= 0.6 is 11.6 Å². The molecule has 2 heterocycles. The number of aromatic nitrogens is 1. The minimum Gasteiger partial charge on any atom is -0.341 e. The van der Waals surface area contributed by atoms with Gasteiger partial charge in [-0.3, -0.25) is 9.78 Å². The summed E-state index contributed by atoms with van der Waals surface area (Å²) in [7, 11) is 1.93. The summed E-state index contributed by atoms with van der Waals surface area (Å²) >= 11 is 5.99. The Kier molecular flexibility index (Phi) is 6.89. The summed E-state index contributed by atoms with van der Waals surface area (Å²) in [5.74, 6) is 0.585. The quantitative estimate of drug-likeness (QED) is 0.532. The summed E-state index contributed by atoms with van der Waals surface area (Å²) < 4.78 is 0. The molecule has 2 aromatic carbocycles. The number of nitrogens with zero attached hydrogens (tertiary/aromatic N) is 3. The summed E-state index contributed by atoms with van der Waals surface area (Å²) in [5, 5.41) is 1.71. The predicted octanol–water partition coefficient (Wildman–Crippen LogP) is 5.22. The van der Waals surface area contributed by atoms with Crippen LogP contribution in [0.4, 0.5) is 0 Å². The molecule has 1 aromatic heterocycles. The van der Waals surface area contributed by atoms with Crippen molar-refractivity contribution >= 4 is 28.4 Å². The molecular weight excluding hydrogens is 406 g/mol. The van der Waals surface area contributed by atoms with E-state index in [1.54, 1.807) is 0 Å². The molecule has 1 unspecified atom stereocenters. The predicted molar refractivity (Wildman–Crippen MR) is 128 cm³/mol.